The van der Waals surface area contributed by atoms with Crippen LogP contribution in [0, 0.1) is 6.92 Å². The minimum absolute atomic E-state index is 0.392. The number of amides is 1. The molecule has 0 aliphatic carbocycles. The predicted octanol–water partition coefficient (Wildman–Crippen LogP) is 1.85. The quantitative estimate of drug-likeness (QED) is 0.773. The minimum atomic E-state index is -0.525. The highest BCUT2D eigenvalue weighted by molar-refractivity contribution is 5.83. The third-order valence-corrected chi connectivity index (χ3v) is 1.90. The lowest BCUT2D eigenvalue weighted by atomic mass is 10.3. The van der Waals surface area contributed by atoms with Crippen LogP contribution in [0.1, 0.15) is 5.89 Å². The molecule has 1 heterocycles. The fourth-order valence-electron chi connectivity index (χ4n) is 1.27. The number of ether oxygens (including phenoxy) is 1. The van der Waals surface area contributed by atoms with Crippen molar-refractivity contribution in [2.45, 2.75) is 6.92 Å². The van der Waals surface area contributed by atoms with E-state index in [1.807, 2.05) is 0 Å². The largest absolute Gasteiger partial charge is 0.441 e. The molecule has 2 rings (SSSR count). The van der Waals surface area contributed by atoms with Gasteiger partial charge in [0.1, 0.15) is 0 Å². The number of hydrogen-bond donors (Lipinski definition) is 1. The molecular weight excluding hydrogens is 196 g/mol. The van der Waals surface area contributed by atoms with Gasteiger partial charge in [-0.3, -0.25) is 0 Å². The van der Waals surface area contributed by atoms with Crippen LogP contribution in [-0.2, 0) is 0 Å². The Morgan fingerprint density at radius 1 is 1.53 bits per heavy atom. The van der Waals surface area contributed by atoms with E-state index < -0.39 is 6.09 Å². The van der Waals surface area contributed by atoms with E-state index in [2.05, 4.69) is 10.3 Å². The molecule has 0 saturated heterocycles. The number of fused-ring (bicyclic) bond motifs is 1. The van der Waals surface area contributed by atoms with E-state index in [1.54, 1.807) is 25.1 Å². The average molecular weight is 206 g/mol. The van der Waals surface area contributed by atoms with Crippen molar-refractivity contribution in [3.63, 3.8) is 0 Å². The van der Waals surface area contributed by atoms with E-state index >= 15 is 0 Å². The van der Waals surface area contributed by atoms with Crippen molar-refractivity contribution in [1.82, 2.24) is 10.3 Å². The van der Waals surface area contributed by atoms with Gasteiger partial charge < -0.3 is 14.5 Å². The topological polar surface area (TPSA) is 64.4 Å². The van der Waals surface area contributed by atoms with Crippen molar-refractivity contribution in [1.29, 1.82) is 0 Å². The summed E-state index contributed by atoms with van der Waals surface area (Å²) in [6.07, 6.45) is -0.525. The lowest BCUT2D eigenvalue weighted by Crippen LogP contribution is -2.22. The van der Waals surface area contributed by atoms with Gasteiger partial charge in [-0.25, -0.2) is 9.78 Å². The van der Waals surface area contributed by atoms with E-state index in [0.717, 1.165) is 0 Å². The summed E-state index contributed by atoms with van der Waals surface area (Å²) in [7, 11) is 1.50. The van der Waals surface area contributed by atoms with E-state index in [4.69, 9.17) is 9.15 Å². The number of aryl methyl sites for hydroxylation is 1. The third-order valence-electron chi connectivity index (χ3n) is 1.90. The molecule has 0 saturated carbocycles. The molecule has 0 fully saturated rings. The SMILES string of the molecule is CNC(=O)Oc1cccc2oc(C)nc12. The molecule has 15 heavy (non-hydrogen) atoms. The fourth-order valence-corrected chi connectivity index (χ4v) is 1.27. The van der Waals surface area contributed by atoms with Crippen molar-refractivity contribution < 1.29 is 13.9 Å². The molecule has 0 radical (unpaired) electrons. The van der Waals surface area contributed by atoms with Gasteiger partial charge in [-0.2, -0.15) is 0 Å². The number of aromatic nitrogens is 1. The maximum Gasteiger partial charge on any atom is 0.412 e. The van der Waals surface area contributed by atoms with Gasteiger partial charge in [0, 0.05) is 14.0 Å². The highest BCUT2D eigenvalue weighted by Crippen LogP contribution is 2.25. The summed E-state index contributed by atoms with van der Waals surface area (Å²) >= 11 is 0. The second-order valence-electron chi connectivity index (χ2n) is 2.98. The Kier molecular flexibility index (Phi) is 2.29. The van der Waals surface area contributed by atoms with Crippen LogP contribution in [0.4, 0.5) is 4.79 Å². The Bertz CT molecular complexity index is 504. The van der Waals surface area contributed by atoms with Crippen LogP contribution < -0.4 is 10.1 Å². The van der Waals surface area contributed by atoms with Crippen LogP contribution >= 0.6 is 0 Å². The zero-order valence-electron chi connectivity index (χ0n) is 8.40. The van der Waals surface area contributed by atoms with Gasteiger partial charge in [0.25, 0.3) is 0 Å². The van der Waals surface area contributed by atoms with E-state index in [9.17, 15) is 4.79 Å². The molecule has 0 bridgehead atoms. The summed E-state index contributed by atoms with van der Waals surface area (Å²) in [6, 6.07) is 5.18. The summed E-state index contributed by atoms with van der Waals surface area (Å²) in [6.45, 7) is 1.74. The molecular formula is C10H10N2O3. The van der Waals surface area contributed by atoms with Crippen LogP contribution in [0.25, 0.3) is 11.1 Å². The van der Waals surface area contributed by atoms with E-state index in [0.29, 0.717) is 22.7 Å². The first-order valence-corrected chi connectivity index (χ1v) is 4.46. The number of oxazole rings is 1. The molecule has 5 heteroatoms. The molecule has 0 aliphatic rings. The Labute approximate surface area is 86.0 Å². The fraction of sp³-hybridized carbons (Fsp3) is 0.200. The van der Waals surface area contributed by atoms with Crippen molar-refractivity contribution in [3.05, 3.63) is 24.1 Å². The summed E-state index contributed by atoms with van der Waals surface area (Å²) in [5, 5.41) is 2.37. The maximum atomic E-state index is 11.0. The number of nitrogens with zero attached hydrogens (tertiary/aromatic N) is 1. The number of benzene rings is 1. The van der Waals surface area contributed by atoms with Crippen molar-refractivity contribution in [2.24, 2.45) is 0 Å². The van der Waals surface area contributed by atoms with Crippen LogP contribution in [0.5, 0.6) is 5.75 Å². The number of hydrogen-bond acceptors (Lipinski definition) is 4. The zero-order chi connectivity index (χ0) is 10.8. The highest BCUT2D eigenvalue weighted by atomic mass is 16.6. The molecule has 0 unspecified atom stereocenters. The standard InChI is InChI=1S/C10H10N2O3/c1-6-12-9-7(14-6)4-3-5-8(9)15-10(13)11-2/h3-5H,1-2H3,(H,11,13). The molecule has 5 nitrogen and oxygen atoms in total. The van der Waals surface area contributed by atoms with Crippen molar-refractivity contribution in [2.75, 3.05) is 7.05 Å². The maximum absolute atomic E-state index is 11.0. The van der Waals surface area contributed by atoms with Gasteiger partial charge in [0.15, 0.2) is 22.7 Å². The minimum Gasteiger partial charge on any atom is -0.441 e. The second-order valence-corrected chi connectivity index (χ2v) is 2.98. The Balaban J connectivity index is 2.46. The number of carbonyl (C=O) groups is 1. The van der Waals surface area contributed by atoms with Gasteiger partial charge in [-0.15, -0.1) is 0 Å². The van der Waals surface area contributed by atoms with Crippen LogP contribution in [0.3, 0.4) is 0 Å². The lowest BCUT2D eigenvalue weighted by Gasteiger charge is -2.02. The molecule has 78 valence electrons. The Morgan fingerprint density at radius 2 is 2.33 bits per heavy atom. The molecule has 0 spiro atoms. The zero-order valence-corrected chi connectivity index (χ0v) is 8.40. The molecule has 1 aromatic carbocycles. The van der Waals surface area contributed by atoms with Crippen LogP contribution in [0.15, 0.2) is 22.6 Å². The smallest absolute Gasteiger partial charge is 0.412 e. The summed E-state index contributed by atoms with van der Waals surface area (Å²) < 4.78 is 10.3. The first-order valence-electron chi connectivity index (χ1n) is 4.46. The van der Waals surface area contributed by atoms with Crippen molar-refractivity contribution in [3.8, 4) is 5.75 Å². The first-order chi connectivity index (χ1) is 7.20. The normalized spacial score (nSPS) is 10.3. The molecule has 2 aromatic rings. The number of carbonyl (C=O) groups excluding carboxylic acids is 1. The van der Waals surface area contributed by atoms with E-state index in [-0.39, 0.29) is 0 Å². The number of nitrogens with one attached hydrogen (secondary N) is 1. The summed E-state index contributed by atoms with van der Waals surface area (Å²) in [5.74, 6) is 0.932. The first kappa shape index (κ1) is 9.51. The average Bonchev–Trinajstić information content (AvgIpc) is 2.59. The number of para-hydroxylation sites is 1. The summed E-state index contributed by atoms with van der Waals surface area (Å²) in [5.41, 5.74) is 1.16. The Hall–Kier alpha value is -2.04. The van der Waals surface area contributed by atoms with Gasteiger partial charge in [-0.05, 0) is 12.1 Å². The molecule has 0 aliphatic heterocycles. The summed E-state index contributed by atoms with van der Waals surface area (Å²) in [4.78, 5) is 15.2. The highest BCUT2D eigenvalue weighted by Gasteiger charge is 2.10. The van der Waals surface area contributed by atoms with E-state index in [1.165, 1.54) is 7.05 Å². The molecule has 1 amide bonds. The van der Waals surface area contributed by atoms with Gasteiger partial charge in [0.2, 0.25) is 0 Å². The van der Waals surface area contributed by atoms with Crippen LogP contribution in [-0.4, -0.2) is 18.1 Å². The van der Waals surface area contributed by atoms with Crippen molar-refractivity contribution >= 4 is 17.2 Å². The number of rotatable bonds is 1. The molecule has 1 aromatic heterocycles. The monoisotopic (exact) mass is 206 g/mol. The van der Waals surface area contributed by atoms with Crippen LogP contribution in [0.2, 0.25) is 0 Å². The third kappa shape index (κ3) is 1.76. The molecule has 1 N–H and O–H groups in total. The Morgan fingerprint density at radius 3 is 3.07 bits per heavy atom. The van der Waals surface area contributed by atoms with Gasteiger partial charge >= 0.3 is 6.09 Å². The lowest BCUT2D eigenvalue weighted by molar-refractivity contribution is 0.203. The van der Waals surface area contributed by atoms with Gasteiger partial charge in [0.05, 0.1) is 0 Å². The molecule has 0 atom stereocenters. The second kappa shape index (κ2) is 3.61. The predicted molar refractivity (Wildman–Crippen MR) is 53.8 cm³/mol. The van der Waals surface area contributed by atoms with Gasteiger partial charge in [-0.1, -0.05) is 6.07 Å².